The number of benzene rings is 1. The van der Waals surface area contributed by atoms with Crippen LogP contribution in [-0.2, 0) is 6.54 Å². The summed E-state index contributed by atoms with van der Waals surface area (Å²) >= 11 is 6.21. The Morgan fingerprint density at radius 2 is 2.16 bits per heavy atom. The fourth-order valence-electron chi connectivity index (χ4n) is 2.63. The number of nitrogens with one attached hydrogen (secondary N) is 1. The highest BCUT2D eigenvalue weighted by Gasteiger charge is 2.24. The SMILES string of the molecule is CCC(CC1CC1)NCc1c(Cl)oc2ccccc12. The van der Waals surface area contributed by atoms with E-state index in [4.69, 9.17) is 16.0 Å². The highest BCUT2D eigenvalue weighted by molar-refractivity contribution is 6.30. The highest BCUT2D eigenvalue weighted by Crippen LogP contribution is 2.34. The van der Waals surface area contributed by atoms with Crippen molar-refractivity contribution in [2.75, 3.05) is 0 Å². The van der Waals surface area contributed by atoms with Gasteiger partial charge < -0.3 is 9.73 Å². The first kappa shape index (κ1) is 13.0. The lowest BCUT2D eigenvalue weighted by molar-refractivity contribution is 0.444. The molecule has 1 N–H and O–H groups in total. The molecule has 0 bridgehead atoms. The first-order chi connectivity index (χ1) is 9.28. The summed E-state index contributed by atoms with van der Waals surface area (Å²) in [4.78, 5) is 0. The van der Waals surface area contributed by atoms with Gasteiger partial charge in [-0.05, 0) is 36.4 Å². The molecule has 2 aromatic rings. The molecular formula is C16H20ClNO. The molecule has 0 amide bonds. The Morgan fingerprint density at radius 1 is 1.37 bits per heavy atom. The van der Waals surface area contributed by atoms with E-state index in [0.717, 1.165) is 29.0 Å². The van der Waals surface area contributed by atoms with E-state index in [-0.39, 0.29) is 0 Å². The molecule has 19 heavy (non-hydrogen) atoms. The average molecular weight is 278 g/mol. The summed E-state index contributed by atoms with van der Waals surface area (Å²) in [6, 6.07) is 8.63. The lowest BCUT2D eigenvalue weighted by atomic mass is 10.1. The van der Waals surface area contributed by atoms with Crippen molar-refractivity contribution in [3.63, 3.8) is 0 Å². The molecule has 0 spiro atoms. The van der Waals surface area contributed by atoms with Crippen molar-refractivity contribution in [1.29, 1.82) is 0 Å². The lowest BCUT2D eigenvalue weighted by Gasteiger charge is -2.16. The van der Waals surface area contributed by atoms with E-state index in [1.807, 2.05) is 18.2 Å². The van der Waals surface area contributed by atoms with Crippen LogP contribution in [0.3, 0.4) is 0 Å². The number of rotatable bonds is 6. The number of furan rings is 1. The van der Waals surface area contributed by atoms with Crippen LogP contribution in [0.2, 0.25) is 5.22 Å². The Labute approximate surface area is 119 Å². The minimum absolute atomic E-state index is 0.523. The zero-order valence-electron chi connectivity index (χ0n) is 11.3. The molecular weight excluding hydrogens is 258 g/mol. The minimum Gasteiger partial charge on any atom is -0.444 e. The molecule has 3 heteroatoms. The van der Waals surface area contributed by atoms with Crippen LogP contribution in [-0.4, -0.2) is 6.04 Å². The van der Waals surface area contributed by atoms with Gasteiger partial charge in [-0.25, -0.2) is 0 Å². The van der Waals surface area contributed by atoms with Crippen molar-refractivity contribution in [2.24, 2.45) is 5.92 Å². The van der Waals surface area contributed by atoms with Crippen LogP contribution >= 0.6 is 11.6 Å². The van der Waals surface area contributed by atoms with Gasteiger partial charge in [0.25, 0.3) is 0 Å². The van der Waals surface area contributed by atoms with Gasteiger partial charge in [-0.1, -0.05) is 38.0 Å². The summed E-state index contributed by atoms with van der Waals surface area (Å²) in [7, 11) is 0. The predicted octanol–water partition coefficient (Wildman–Crippen LogP) is 4.75. The molecule has 1 saturated carbocycles. The molecule has 2 nitrogen and oxygen atoms in total. The number of para-hydroxylation sites is 1. The van der Waals surface area contributed by atoms with E-state index in [9.17, 15) is 0 Å². The molecule has 0 saturated heterocycles. The zero-order chi connectivity index (χ0) is 13.2. The van der Waals surface area contributed by atoms with Crippen LogP contribution in [0.4, 0.5) is 0 Å². The molecule has 0 radical (unpaired) electrons. The first-order valence-corrected chi connectivity index (χ1v) is 7.55. The Balaban J connectivity index is 1.71. The molecule has 1 aromatic heterocycles. The molecule has 1 aliphatic carbocycles. The van der Waals surface area contributed by atoms with Gasteiger partial charge in [-0.2, -0.15) is 0 Å². The molecule has 0 aliphatic heterocycles. The van der Waals surface area contributed by atoms with Crippen molar-refractivity contribution >= 4 is 22.6 Å². The molecule has 1 heterocycles. The van der Waals surface area contributed by atoms with Crippen LogP contribution in [0.15, 0.2) is 28.7 Å². The summed E-state index contributed by atoms with van der Waals surface area (Å²) in [6.07, 6.45) is 5.29. The summed E-state index contributed by atoms with van der Waals surface area (Å²) < 4.78 is 5.58. The number of fused-ring (bicyclic) bond motifs is 1. The largest absolute Gasteiger partial charge is 0.444 e. The maximum atomic E-state index is 6.21. The van der Waals surface area contributed by atoms with Crippen molar-refractivity contribution in [1.82, 2.24) is 5.32 Å². The number of hydrogen-bond donors (Lipinski definition) is 1. The molecule has 1 fully saturated rings. The van der Waals surface area contributed by atoms with Gasteiger partial charge in [0.05, 0.1) is 0 Å². The smallest absolute Gasteiger partial charge is 0.199 e. The van der Waals surface area contributed by atoms with Gasteiger partial charge in [0.15, 0.2) is 5.22 Å². The third-order valence-electron chi connectivity index (χ3n) is 4.02. The predicted molar refractivity (Wildman–Crippen MR) is 79.5 cm³/mol. The Kier molecular flexibility index (Phi) is 3.81. The molecule has 3 rings (SSSR count). The van der Waals surface area contributed by atoms with Crippen LogP contribution in [0.1, 0.15) is 38.2 Å². The van der Waals surface area contributed by atoms with E-state index in [2.05, 4.69) is 18.3 Å². The quantitative estimate of drug-likeness (QED) is 0.824. The molecule has 1 aliphatic rings. The van der Waals surface area contributed by atoms with E-state index >= 15 is 0 Å². The molecule has 102 valence electrons. The number of halogens is 1. The fraction of sp³-hybridized carbons (Fsp3) is 0.500. The van der Waals surface area contributed by atoms with Crippen molar-refractivity contribution in [3.8, 4) is 0 Å². The summed E-state index contributed by atoms with van der Waals surface area (Å²) in [5.41, 5.74) is 1.96. The van der Waals surface area contributed by atoms with Gasteiger partial charge >= 0.3 is 0 Å². The van der Waals surface area contributed by atoms with Crippen molar-refractivity contribution < 1.29 is 4.42 Å². The number of hydrogen-bond acceptors (Lipinski definition) is 2. The topological polar surface area (TPSA) is 25.2 Å². The van der Waals surface area contributed by atoms with Crippen LogP contribution in [0, 0.1) is 5.92 Å². The van der Waals surface area contributed by atoms with Gasteiger partial charge in [0.2, 0.25) is 0 Å². The first-order valence-electron chi connectivity index (χ1n) is 7.17. The second-order valence-electron chi connectivity index (χ2n) is 5.52. The average Bonchev–Trinajstić information content (AvgIpc) is 3.17. The second kappa shape index (κ2) is 5.56. The molecule has 1 aromatic carbocycles. The van der Waals surface area contributed by atoms with E-state index in [1.165, 1.54) is 25.7 Å². The summed E-state index contributed by atoms with van der Waals surface area (Å²) in [5, 5.41) is 5.28. The van der Waals surface area contributed by atoms with E-state index < -0.39 is 0 Å². The van der Waals surface area contributed by atoms with Gasteiger partial charge in [-0.3, -0.25) is 0 Å². The maximum absolute atomic E-state index is 6.21. The van der Waals surface area contributed by atoms with Gasteiger partial charge in [-0.15, -0.1) is 0 Å². The van der Waals surface area contributed by atoms with Crippen LogP contribution in [0.25, 0.3) is 11.0 Å². The Morgan fingerprint density at radius 3 is 2.89 bits per heavy atom. The molecule has 1 atom stereocenters. The van der Waals surface area contributed by atoms with Gasteiger partial charge in [0, 0.05) is 23.5 Å². The fourth-order valence-corrected chi connectivity index (χ4v) is 2.88. The summed E-state index contributed by atoms with van der Waals surface area (Å²) in [5.74, 6) is 0.953. The monoisotopic (exact) mass is 277 g/mol. The Hall–Kier alpha value is -0.990. The van der Waals surface area contributed by atoms with Crippen molar-refractivity contribution in [3.05, 3.63) is 35.0 Å². The maximum Gasteiger partial charge on any atom is 0.199 e. The van der Waals surface area contributed by atoms with Crippen LogP contribution < -0.4 is 5.32 Å². The van der Waals surface area contributed by atoms with E-state index in [1.54, 1.807) is 0 Å². The van der Waals surface area contributed by atoms with Gasteiger partial charge in [0.1, 0.15) is 5.58 Å². The van der Waals surface area contributed by atoms with Crippen LogP contribution in [0.5, 0.6) is 0 Å². The third kappa shape index (κ3) is 2.96. The minimum atomic E-state index is 0.523. The lowest BCUT2D eigenvalue weighted by Crippen LogP contribution is -2.28. The highest BCUT2D eigenvalue weighted by atomic mass is 35.5. The van der Waals surface area contributed by atoms with E-state index in [0.29, 0.717) is 11.3 Å². The Bertz CT molecular complexity index is 559. The third-order valence-corrected chi connectivity index (χ3v) is 4.33. The second-order valence-corrected chi connectivity index (χ2v) is 5.86. The zero-order valence-corrected chi connectivity index (χ0v) is 12.0. The summed E-state index contributed by atoms with van der Waals surface area (Å²) in [6.45, 7) is 3.04. The standard InChI is InChI=1S/C16H20ClNO/c1-2-12(9-11-7-8-11)18-10-14-13-5-3-4-6-15(13)19-16(14)17/h3-6,11-12,18H,2,7-10H2,1H3. The molecule has 1 unspecified atom stereocenters. The van der Waals surface area contributed by atoms with Crippen molar-refractivity contribution in [2.45, 2.75) is 45.2 Å². The normalized spacial score (nSPS) is 16.9.